The molecule has 0 fully saturated rings. The van der Waals surface area contributed by atoms with Crippen LogP contribution in [-0.4, -0.2) is 0 Å². The van der Waals surface area contributed by atoms with Gasteiger partial charge in [0.15, 0.2) is 6.20 Å². The first-order valence-electron chi connectivity index (χ1n) is 7.11. The number of benzene rings is 2. The van der Waals surface area contributed by atoms with Crippen molar-refractivity contribution in [3.63, 3.8) is 0 Å². The van der Waals surface area contributed by atoms with Crippen molar-refractivity contribution in [2.45, 2.75) is 0 Å². The Bertz CT molecular complexity index is 746. The van der Waals surface area contributed by atoms with Crippen LogP contribution >= 0.6 is 0 Å². The normalized spacial score (nSPS) is 10.4. The van der Waals surface area contributed by atoms with Crippen molar-refractivity contribution in [2.24, 2.45) is 7.05 Å². The maximum atomic E-state index is 2.17. The van der Waals surface area contributed by atoms with Crippen LogP contribution in [0, 0.1) is 0 Å². The Morgan fingerprint density at radius 2 is 1.32 bits per heavy atom. The lowest BCUT2D eigenvalue weighted by Gasteiger charge is -2.01. The van der Waals surface area contributed by atoms with Gasteiger partial charge in [-0.05, 0) is 28.8 Å². The molecule has 0 unspecified atom stereocenters. The van der Waals surface area contributed by atoms with Gasteiger partial charge in [-0.3, -0.25) is 0 Å². The third-order valence-electron chi connectivity index (χ3n) is 3.56. The van der Waals surface area contributed by atoms with Gasteiger partial charge >= 0.3 is 0 Å². The van der Waals surface area contributed by atoms with E-state index >= 15 is 0 Å². The molecule has 0 aliphatic heterocycles. The molecule has 0 radical (unpaired) electrons. The summed E-state index contributed by atoms with van der Waals surface area (Å²) < 4.78 is 2.11. The highest BCUT2D eigenvalue weighted by Crippen LogP contribution is 2.19. The van der Waals surface area contributed by atoms with E-state index in [2.05, 4.69) is 90.6 Å². The minimum absolute atomic E-state index is 0. The third-order valence-corrected chi connectivity index (χ3v) is 3.56. The smallest absolute Gasteiger partial charge is 0.204 e. The number of hydrogen-bond acceptors (Lipinski definition) is 0. The molecule has 3 rings (SSSR count). The first kappa shape index (κ1) is 16.4. The molecule has 110 valence electrons. The van der Waals surface area contributed by atoms with Crippen molar-refractivity contribution in [2.75, 3.05) is 0 Å². The van der Waals surface area contributed by atoms with Gasteiger partial charge in [0.05, 0.1) is 0 Å². The van der Waals surface area contributed by atoms with Crippen molar-refractivity contribution in [3.8, 4) is 11.1 Å². The largest absolute Gasteiger partial charge is 1.00 e. The summed E-state index contributed by atoms with van der Waals surface area (Å²) in [6.07, 6.45) is 6.33. The van der Waals surface area contributed by atoms with Gasteiger partial charge in [-0.25, -0.2) is 4.57 Å². The summed E-state index contributed by atoms with van der Waals surface area (Å²) in [4.78, 5) is 0. The molecular formula is C20H18IN. The van der Waals surface area contributed by atoms with Gasteiger partial charge in [-0.15, -0.1) is 0 Å². The molecule has 0 N–H and O–H groups in total. The first-order valence-corrected chi connectivity index (χ1v) is 7.11. The zero-order valence-electron chi connectivity index (χ0n) is 12.5. The molecule has 0 aliphatic rings. The van der Waals surface area contributed by atoms with Gasteiger partial charge in [0.1, 0.15) is 7.05 Å². The summed E-state index contributed by atoms with van der Waals surface area (Å²) in [5.74, 6) is 0. The van der Waals surface area contributed by atoms with Gasteiger partial charge in [-0.2, -0.15) is 0 Å². The van der Waals surface area contributed by atoms with E-state index in [1.165, 1.54) is 22.4 Å². The van der Waals surface area contributed by atoms with Gasteiger partial charge in [-0.1, -0.05) is 54.6 Å². The number of rotatable bonds is 3. The number of nitrogens with zero attached hydrogens (tertiary/aromatic N) is 1. The fourth-order valence-corrected chi connectivity index (χ4v) is 2.31. The lowest BCUT2D eigenvalue weighted by molar-refractivity contribution is -0.673. The molecular weight excluding hydrogens is 381 g/mol. The van der Waals surface area contributed by atoms with E-state index in [4.69, 9.17) is 0 Å². The Balaban J connectivity index is 0.00000176. The molecule has 22 heavy (non-hydrogen) atoms. The molecule has 0 atom stereocenters. The maximum absolute atomic E-state index is 2.17. The molecule has 3 aromatic rings. The molecule has 0 amide bonds. The fourth-order valence-electron chi connectivity index (χ4n) is 2.31. The molecule has 2 heteroatoms. The Morgan fingerprint density at radius 3 is 2.00 bits per heavy atom. The number of aromatic nitrogens is 1. The standard InChI is InChI=1S/C20H18N.HI/c1-21-16-6-5-9-20(21)15-12-17-10-13-19(14-11-17)18-7-3-2-4-8-18;/h2-16H,1H3;1H/q+1;/p-1/b15-12+;. The monoisotopic (exact) mass is 399 g/mol. The second kappa shape index (κ2) is 7.90. The number of hydrogen-bond donors (Lipinski definition) is 0. The van der Waals surface area contributed by atoms with E-state index < -0.39 is 0 Å². The van der Waals surface area contributed by atoms with Crippen molar-refractivity contribution in [3.05, 3.63) is 90.3 Å². The van der Waals surface area contributed by atoms with Crippen LogP contribution < -0.4 is 28.5 Å². The van der Waals surface area contributed by atoms with Crippen LogP contribution in [0.15, 0.2) is 79.0 Å². The molecule has 1 aromatic heterocycles. The molecule has 0 aliphatic carbocycles. The van der Waals surface area contributed by atoms with Crippen molar-refractivity contribution >= 4 is 12.2 Å². The second-order valence-electron chi connectivity index (χ2n) is 5.06. The van der Waals surface area contributed by atoms with E-state index in [0.717, 1.165) is 0 Å². The average Bonchev–Trinajstić information content (AvgIpc) is 2.55. The fraction of sp³-hybridized carbons (Fsp3) is 0.0500. The summed E-state index contributed by atoms with van der Waals surface area (Å²) >= 11 is 0. The Kier molecular flexibility index (Phi) is 5.90. The van der Waals surface area contributed by atoms with Crippen molar-refractivity contribution in [1.29, 1.82) is 0 Å². The van der Waals surface area contributed by atoms with Crippen LogP contribution in [0.3, 0.4) is 0 Å². The highest BCUT2D eigenvalue weighted by Gasteiger charge is 1.99. The number of aryl methyl sites for hydroxylation is 1. The van der Waals surface area contributed by atoms with E-state index in [9.17, 15) is 0 Å². The summed E-state index contributed by atoms with van der Waals surface area (Å²) in [6.45, 7) is 0. The predicted octanol–water partition coefficient (Wildman–Crippen LogP) is 1.35. The zero-order chi connectivity index (χ0) is 14.5. The first-order chi connectivity index (χ1) is 10.3. The van der Waals surface area contributed by atoms with E-state index in [1.54, 1.807) is 0 Å². The SMILES string of the molecule is C[n+]1ccccc1/C=C/c1ccc(-c2ccccc2)cc1.[I-]. The lowest BCUT2D eigenvalue weighted by Crippen LogP contribution is -3.00. The molecule has 1 nitrogen and oxygen atoms in total. The molecule has 0 saturated heterocycles. The molecule has 0 saturated carbocycles. The van der Waals surface area contributed by atoms with Crippen LogP contribution in [-0.2, 0) is 7.05 Å². The molecule has 0 bridgehead atoms. The summed E-state index contributed by atoms with van der Waals surface area (Å²) in [5.41, 5.74) is 4.89. The minimum Gasteiger partial charge on any atom is -1.00 e. The minimum atomic E-state index is 0. The Hall–Kier alpha value is -1.94. The summed E-state index contributed by atoms with van der Waals surface area (Å²) in [6, 6.07) is 25.3. The van der Waals surface area contributed by atoms with Crippen LogP contribution in [0.2, 0.25) is 0 Å². The second-order valence-corrected chi connectivity index (χ2v) is 5.06. The van der Waals surface area contributed by atoms with E-state index in [-0.39, 0.29) is 24.0 Å². The highest BCUT2D eigenvalue weighted by atomic mass is 127. The van der Waals surface area contributed by atoms with E-state index in [0.29, 0.717) is 0 Å². The van der Waals surface area contributed by atoms with Crippen molar-refractivity contribution in [1.82, 2.24) is 0 Å². The number of pyridine rings is 1. The van der Waals surface area contributed by atoms with Crippen molar-refractivity contribution < 1.29 is 28.5 Å². The molecule has 1 heterocycles. The van der Waals surface area contributed by atoms with Crippen LogP contribution in [0.4, 0.5) is 0 Å². The Labute approximate surface area is 149 Å². The van der Waals surface area contributed by atoms with Crippen LogP contribution in [0.1, 0.15) is 11.3 Å². The summed E-state index contributed by atoms with van der Waals surface area (Å²) in [7, 11) is 2.05. The lowest BCUT2D eigenvalue weighted by atomic mass is 10.0. The van der Waals surface area contributed by atoms with E-state index in [1.807, 2.05) is 12.1 Å². The highest BCUT2D eigenvalue weighted by molar-refractivity contribution is 5.70. The summed E-state index contributed by atoms with van der Waals surface area (Å²) in [5, 5.41) is 0. The van der Waals surface area contributed by atoms with Gasteiger partial charge < -0.3 is 24.0 Å². The van der Waals surface area contributed by atoms with Crippen LogP contribution in [0.25, 0.3) is 23.3 Å². The van der Waals surface area contributed by atoms with Gasteiger partial charge in [0.25, 0.3) is 0 Å². The average molecular weight is 399 g/mol. The number of halogens is 1. The molecule has 0 spiro atoms. The maximum Gasteiger partial charge on any atom is 0.204 e. The topological polar surface area (TPSA) is 3.88 Å². The predicted molar refractivity (Wildman–Crippen MR) is 88.4 cm³/mol. The van der Waals surface area contributed by atoms with Gasteiger partial charge in [0, 0.05) is 18.2 Å². The zero-order valence-corrected chi connectivity index (χ0v) is 14.6. The third kappa shape index (κ3) is 4.04. The molecule has 2 aromatic carbocycles. The van der Waals surface area contributed by atoms with Gasteiger partial charge in [0.2, 0.25) is 5.69 Å². The quantitative estimate of drug-likeness (QED) is 0.463. The Morgan fingerprint density at radius 1 is 0.682 bits per heavy atom. The van der Waals surface area contributed by atoms with Crippen LogP contribution in [0.5, 0.6) is 0 Å².